The van der Waals surface area contributed by atoms with Crippen LogP contribution in [0.2, 0.25) is 0 Å². The zero-order valence-electron chi connectivity index (χ0n) is 19.1. The Balaban J connectivity index is -0.00000338. The molecule has 0 aliphatic carbocycles. The Bertz CT molecular complexity index is 366. The molecule has 0 heterocycles. The van der Waals surface area contributed by atoms with Crippen molar-refractivity contribution in [1.29, 1.82) is 0 Å². The van der Waals surface area contributed by atoms with Crippen molar-refractivity contribution in [3.05, 3.63) is 0 Å². The van der Waals surface area contributed by atoms with Gasteiger partial charge in [0, 0.05) is 19.7 Å². The molecule has 0 radical (unpaired) electrons. The molecule has 9 heteroatoms. The van der Waals surface area contributed by atoms with Crippen LogP contribution >= 0.6 is 7.82 Å². The standard InChI is InChI=1S/C19H42NO6P.Na.H/c1-2-3-4-5-6-7-8-9-10-11-12-13-15-25-18-19(21)17-20-14-16-26-27(22,23)24;;/h19-21H,2-18H2,1H3,(H2,22,23,24);;/q;+1;-1. The van der Waals surface area contributed by atoms with Crippen molar-refractivity contribution in [3.8, 4) is 0 Å². The maximum atomic E-state index is 10.5. The Labute approximate surface area is 195 Å². The van der Waals surface area contributed by atoms with Crippen LogP contribution in [0, 0.1) is 0 Å². The summed E-state index contributed by atoms with van der Waals surface area (Å²) in [7, 11) is -4.40. The van der Waals surface area contributed by atoms with E-state index < -0.39 is 13.9 Å². The average molecular weight is 436 g/mol. The quantitative estimate of drug-likeness (QED) is 0.120. The molecule has 0 saturated heterocycles. The molecule has 0 aromatic heterocycles. The molecule has 0 spiro atoms. The van der Waals surface area contributed by atoms with Gasteiger partial charge in [-0.3, -0.25) is 4.52 Å². The van der Waals surface area contributed by atoms with E-state index >= 15 is 0 Å². The second kappa shape index (κ2) is 22.7. The van der Waals surface area contributed by atoms with E-state index in [1.807, 2.05) is 0 Å². The van der Waals surface area contributed by atoms with E-state index in [1.165, 1.54) is 70.6 Å². The maximum Gasteiger partial charge on any atom is 1.00 e. The molecule has 1 atom stereocenters. The van der Waals surface area contributed by atoms with Crippen LogP contribution in [-0.2, 0) is 13.8 Å². The second-order valence-electron chi connectivity index (χ2n) is 7.15. The number of nitrogens with one attached hydrogen (secondary N) is 1. The van der Waals surface area contributed by atoms with Crippen LogP contribution in [0.5, 0.6) is 0 Å². The number of aliphatic hydroxyl groups excluding tert-OH is 1. The first-order valence-electron chi connectivity index (χ1n) is 10.6. The van der Waals surface area contributed by atoms with E-state index in [0.29, 0.717) is 13.2 Å². The van der Waals surface area contributed by atoms with Crippen molar-refractivity contribution in [2.45, 2.75) is 90.1 Å². The van der Waals surface area contributed by atoms with Gasteiger partial charge < -0.3 is 26.4 Å². The van der Waals surface area contributed by atoms with Crippen molar-refractivity contribution in [3.63, 3.8) is 0 Å². The summed E-state index contributed by atoms with van der Waals surface area (Å²) >= 11 is 0. The van der Waals surface area contributed by atoms with Gasteiger partial charge in [-0.05, 0) is 6.42 Å². The van der Waals surface area contributed by atoms with Gasteiger partial charge in [-0.15, -0.1) is 0 Å². The molecule has 0 aromatic carbocycles. The molecular formula is C19H43NNaO6P. The predicted molar refractivity (Wildman–Crippen MR) is 110 cm³/mol. The van der Waals surface area contributed by atoms with Gasteiger partial charge in [0.25, 0.3) is 0 Å². The van der Waals surface area contributed by atoms with Crippen LogP contribution in [0.25, 0.3) is 0 Å². The molecule has 0 aliphatic rings. The van der Waals surface area contributed by atoms with Crippen molar-refractivity contribution in [2.24, 2.45) is 0 Å². The molecule has 0 amide bonds. The van der Waals surface area contributed by atoms with Gasteiger partial charge in [-0.1, -0.05) is 77.6 Å². The Kier molecular flexibility index (Phi) is 25.2. The van der Waals surface area contributed by atoms with Gasteiger partial charge in [0.1, 0.15) is 0 Å². The number of hydrogen-bond donors (Lipinski definition) is 4. The number of phosphoric acid groups is 1. The van der Waals surface area contributed by atoms with Crippen LogP contribution < -0.4 is 34.9 Å². The number of rotatable bonds is 21. The van der Waals surface area contributed by atoms with Gasteiger partial charge in [0.2, 0.25) is 0 Å². The van der Waals surface area contributed by atoms with Crippen LogP contribution in [-0.4, -0.2) is 53.9 Å². The van der Waals surface area contributed by atoms with E-state index in [0.717, 1.165) is 6.42 Å². The Morgan fingerprint density at radius 3 is 1.89 bits per heavy atom. The monoisotopic (exact) mass is 435 g/mol. The summed E-state index contributed by atoms with van der Waals surface area (Å²) in [5.74, 6) is 0. The number of hydrogen-bond acceptors (Lipinski definition) is 5. The van der Waals surface area contributed by atoms with Crippen LogP contribution in [0.1, 0.15) is 85.4 Å². The van der Waals surface area contributed by atoms with E-state index in [4.69, 9.17) is 14.5 Å². The van der Waals surface area contributed by atoms with Gasteiger partial charge >= 0.3 is 37.4 Å². The Morgan fingerprint density at radius 1 is 0.893 bits per heavy atom. The number of unbranched alkanes of at least 4 members (excludes halogenated alkanes) is 11. The summed E-state index contributed by atoms with van der Waals surface area (Å²) in [4.78, 5) is 17.0. The van der Waals surface area contributed by atoms with Crippen LogP contribution in [0.4, 0.5) is 0 Å². The van der Waals surface area contributed by atoms with Crippen molar-refractivity contribution in [2.75, 3.05) is 32.9 Å². The molecule has 166 valence electrons. The number of aliphatic hydroxyl groups is 1. The molecule has 0 fully saturated rings. The van der Waals surface area contributed by atoms with Gasteiger partial charge in [0.15, 0.2) is 0 Å². The molecule has 0 aromatic rings. The fourth-order valence-electron chi connectivity index (χ4n) is 2.83. The molecule has 1 unspecified atom stereocenters. The molecule has 4 N–H and O–H groups in total. The third-order valence-electron chi connectivity index (χ3n) is 4.37. The minimum Gasteiger partial charge on any atom is -1.00 e. The fourth-order valence-corrected chi connectivity index (χ4v) is 3.16. The molecule has 0 aliphatic heterocycles. The van der Waals surface area contributed by atoms with E-state index in [9.17, 15) is 9.67 Å². The molecular weight excluding hydrogens is 392 g/mol. The van der Waals surface area contributed by atoms with Gasteiger partial charge in [-0.25, -0.2) is 4.57 Å². The first-order valence-corrected chi connectivity index (χ1v) is 12.2. The minimum absolute atomic E-state index is 0. The largest absolute Gasteiger partial charge is 1.00 e. The molecule has 28 heavy (non-hydrogen) atoms. The van der Waals surface area contributed by atoms with Gasteiger partial charge in [-0.2, -0.15) is 0 Å². The maximum absolute atomic E-state index is 10.5. The number of ether oxygens (including phenoxy) is 1. The van der Waals surface area contributed by atoms with E-state index in [1.54, 1.807) is 0 Å². The van der Waals surface area contributed by atoms with Crippen LogP contribution in [0.15, 0.2) is 0 Å². The molecule has 0 saturated carbocycles. The molecule has 0 bridgehead atoms. The molecule has 0 rings (SSSR count). The van der Waals surface area contributed by atoms with Crippen molar-refractivity contribution >= 4 is 7.82 Å². The van der Waals surface area contributed by atoms with Crippen molar-refractivity contribution in [1.82, 2.24) is 5.32 Å². The Morgan fingerprint density at radius 2 is 1.39 bits per heavy atom. The zero-order chi connectivity index (χ0) is 20.2. The third-order valence-corrected chi connectivity index (χ3v) is 4.89. The smallest absolute Gasteiger partial charge is 1.00 e. The Hall–Kier alpha value is 0.990. The summed E-state index contributed by atoms with van der Waals surface area (Å²) in [6.45, 7) is 3.66. The first-order chi connectivity index (χ1) is 13.0. The summed E-state index contributed by atoms with van der Waals surface area (Å²) in [5.41, 5.74) is 0. The normalized spacial score (nSPS) is 12.7. The third kappa shape index (κ3) is 27.0. The topological polar surface area (TPSA) is 108 Å². The summed E-state index contributed by atoms with van der Waals surface area (Å²) in [6.07, 6.45) is 15.1. The van der Waals surface area contributed by atoms with Gasteiger partial charge in [0.05, 0.1) is 19.3 Å². The van der Waals surface area contributed by atoms with Crippen LogP contribution in [0.3, 0.4) is 0 Å². The molecule has 7 nitrogen and oxygen atoms in total. The first kappa shape index (κ1) is 31.2. The predicted octanol–water partition coefficient (Wildman–Crippen LogP) is 0.880. The zero-order valence-corrected chi connectivity index (χ0v) is 21.0. The van der Waals surface area contributed by atoms with Crippen molar-refractivity contribution < 1.29 is 59.7 Å². The minimum atomic E-state index is -4.40. The van der Waals surface area contributed by atoms with E-state index in [-0.39, 0.29) is 50.7 Å². The SMILES string of the molecule is CCCCCCCCCCCCCCOCC(O)CNCCOP(=O)(O)O.[H-].[Na+]. The summed E-state index contributed by atoms with van der Waals surface area (Å²) < 4.78 is 20.2. The summed E-state index contributed by atoms with van der Waals surface area (Å²) in [5, 5.41) is 12.6. The second-order valence-corrected chi connectivity index (χ2v) is 8.39. The van der Waals surface area contributed by atoms with E-state index in [2.05, 4.69) is 16.8 Å². The average Bonchev–Trinajstić information content (AvgIpc) is 2.60. The summed E-state index contributed by atoms with van der Waals surface area (Å²) in [6, 6.07) is 0. The fraction of sp³-hybridized carbons (Fsp3) is 1.00. The number of phosphoric ester groups is 1.